The van der Waals surface area contributed by atoms with Gasteiger partial charge in [0.2, 0.25) is 5.91 Å². The third-order valence-corrected chi connectivity index (χ3v) is 6.20. The maximum Gasteiger partial charge on any atom is 0.224 e. The van der Waals surface area contributed by atoms with Crippen LogP contribution < -0.4 is 0 Å². The summed E-state index contributed by atoms with van der Waals surface area (Å²) in [5.41, 5.74) is 0. The van der Waals surface area contributed by atoms with Crippen LogP contribution in [0.2, 0.25) is 0 Å². The zero-order chi connectivity index (χ0) is 22.3. The van der Waals surface area contributed by atoms with E-state index in [1.165, 1.54) is 19.6 Å². The Kier molecular flexibility index (Phi) is 13.3. The molecule has 1 amide bonds. The number of Topliss-reactive ketones (excluding diaryl/α,β-unsaturated/α-hetero) is 1. The predicted octanol–water partition coefficient (Wildman–Crippen LogP) is 1.28. The third-order valence-electron chi connectivity index (χ3n) is 6.20. The Balaban J connectivity index is 1.39. The molecule has 8 nitrogen and oxygen atoms in total. The Hall–Kier alpha value is -1.06. The molecule has 2 aliphatic rings. The largest absolute Gasteiger partial charge is 0.379 e. The maximum absolute atomic E-state index is 12.4. The molecular formula is C23H43N3O5. The Morgan fingerprint density at radius 1 is 0.774 bits per heavy atom. The molecule has 0 aromatic rings. The molecule has 2 fully saturated rings. The topological polar surface area (TPSA) is 71.5 Å². The molecule has 0 spiro atoms. The van der Waals surface area contributed by atoms with Crippen molar-refractivity contribution in [1.82, 2.24) is 14.7 Å². The van der Waals surface area contributed by atoms with E-state index in [9.17, 15) is 9.59 Å². The first-order valence-corrected chi connectivity index (χ1v) is 12.0. The van der Waals surface area contributed by atoms with Gasteiger partial charge in [-0.3, -0.25) is 9.59 Å². The van der Waals surface area contributed by atoms with E-state index < -0.39 is 0 Å². The van der Waals surface area contributed by atoms with Gasteiger partial charge >= 0.3 is 0 Å². The van der Waals surface area contributed by atoms with Crippen molar-refractivity contribution in [2.24, 2.45) is 5.92 Å². The average Bonchev–Trinajstić information content (AvgIpc) is 2.79. The van der Waals surface area contributed by atoms with Gasteiger partial charge in [-0.1, -0.05) is 6.92 Å². The summed E-state index contributed by atoms with van der Waals surface area (Å²) in [6.07, 6.45) is 3.71. The van der Waals surface area contributed by atoms with Crippen LogP contribution in [-0.2, 0) is 23.8 Å². The molecule has 0 radical (unpaired) electrons. The van der Waals surface area contributed by atoms with E-state index in [0.717, 1.165) is 44.9 Å². The van der Waals surface area contributed by atoms with Gasteiger partial charge in [0, 0.05) is 58.7 Å². The Labute approximate surface area is 188 Å². The number of likely N-dealkylation sites (N-methyl/N-ethyl adjacent to an activating group) is 1. The van der Waals surface area contributed by atoms with E-state index in [0.29, 0.717) is 58.9 Å². The van der Waals surface area contributed by atoms with Crippen LogP contribution in [0.3, 0.4) is 0 Å². The van der Waals surface area contributed by atoms with Gasteiger partial charge in [0.25, 0.3) is 0 Å². The lowest BCUT2D eigenvalue weighted by molar-refractivity contribution is -0.134. The van der Waals surface area contributed by atoms with Gasteiger partial charge in [0.15, 0.2) is 0 Å². The second-order valence-electron chi connectivity index (χ2n) is 8.66. The summed E-state index contributed by atoms with van der Waals surface area (Å²) in [4.78, 5) is 30.5. The van der Waals surface area contributed by atoms with Gasteiger partial charge in [-0.05, 0) is 25.8 Å². The molecule has 2 saturated heterocycles. The molecule has 180 valence electrons. The molecule has 8 heteroatoms. The second-order valence-corrected chi connectivity index (χ2v) is 8.66. The summed E-state index contributed by atoms with van der Waals surface area (Å²) in [5, 5.41) is 0. The van der Waals surface area contributed by atoms with E-state index in [4.69, 9.17) is 14.2 Å². The van der Waals surface area contributed by atoms with Crippen molar-refractivity contribution in [3.05, 3.63) is 0 Å². The van der Waals surface area contributed by atoms with Crippen molar-refractivity contribution in [2.75, 3.05) is 92.5 Å². The fraction of sp³-hybridized carbons (Fsp3) is 0.913. The summed E-state index contributed by atoms with van der Waals surface area (Å²) < 4.78 is 16.3. The molecule has 2 heterocycles. The molecule has 31 heavy (non-hydrogen) atoms. The lowest BCUT2D eigenvalue weighted by Crippen LogP contribution is -2.48. The maximum atomic E-state index is 12.4. The lowest BCUT2D eigenvalue weighted by atomic mass is 9.95. The fourth-order valence-corrected chi connectivity index (χ4v) is 3.98. The monoisotopic (exact) mass is 441 g/mol. The zero-order valence-electron chi connectivity index (χ0n) is 19.7. The number of hydrogen-bond acceptors (Lipinski definition) is 7. The van der Waals surface area contributed by atoms with E-state index in [1.807, 2.05) is 11.8 Å². The minimum atomic E-state index is 0.203. The standard InChI is InChI=1S/C23H43N3O5/c1-3-22(27)6-14-29-16-18-31-19-17-30-15-7-23(28)26-8-4-21(5-9-26)20-25-12-10-24(2)11-13-25/h21H,3-20H2,1-2H3. The first-order chi connectivity index (χ1) is 15.1. The number of hydrogen-bond donors (Lipinski definition) is 0. The number of nitrogens with zero attached hydrogens (tertiary/aromatic N) is 3. The number of piperidine rings is 1. The van der Waals surface area contributed by atoms with Crippen LogP contribution in [0.5, 0.6) is 0 Å². The molecule has 0 atom stereocenters. The summed E-state index contributed by atoms with van der Waals surface area (Å²) in [6, 6.07) is 0. The van der Waals surface area contributed by atoms with Crippen molar-refractivity contribution in [3.63, 3.8) is 0 Å². The van der Waals surface area contributed by atoms with E-state index in [1.54, 1.807) is 0 Å². The number of piperazine rings is 1. The van der Waals surface area contributed by atoms with Crippen LogP contribution in [0, 0.1) is 5.92 Å². The molecule has 0 aliphatic carbocycles. The second kappa shape index (κ2) is 15.7. The van der Waals surface area contributed by atoms with E-state index in [-0.39, 0.29) is 11.7 Å². The minimum absolute atomic E-state index is 0.203. The highest BCUT2D eigenvalue weighted by atomic mass is 16.5. The Morgan fingerprint density at radius 2 is 1.32 bits per heavy atom. The molecule has 0 aromatic carbocycles. The van der Waals surface area contributed by atoms with Crippen molar-refractivity contribution in [2.45, 2.75) is 39.0 Å². The van der Waals surface area contributed by atoms with Crippen LogP contribution in [-0.4, -0.2) is 119 Å². The number of ketones is 1. The number of rotatable bonds is 15. The fourth-order valence-electron chi connectivity index (χ4n) is 3.98. The van der Waals surface area contributed by atoms with Gasteiger partial charge in [0.05, 0.1) is 46.1 Å². The van der Waals surface area contributed by atoms with Gasteiger partial charge in [0.1, 0.15) is 5.78 Å². The normalized spacial score (nSPS) is 19.1. The van der Waals surface area contributed by atoms with Crippen molar-refractivity contribution >= 4 is 11.7 Å². The van der Waals surface area contributed by atoms with Gasteiger partial charge < -0.3 is 28.9 Å². The summed E-state index contributed by atoms with van der Waals surface area (Å²) in [5.74, 6) is 1.14. The van der Waals surface area contributed by atoms with Crippen LogP contribution in [0.25, 0.3) is 0 Å². The summed E-state index contributed by atoms with van der Waals surface area (Å²) >= 11 is 0. The molecule has 0 bridgehead atoms. The highest BCUT2D eigenvalue weighted by Crippen LogP contribution is 2.19. The SMILES string of the molecule is CCC(=O)CCOCCOCCOCCC(=O)N1CCC(CN2CCN(C)CC2)CC1. The Morgan fingerprint density at radius 3 is 1.90 bits per heavy atom. The predicted molar refractivity (Wildman–Crippen MR) is 120 cm³/mol. The number of likely N-dealkylation sites (tertiary alicyclic amines) is 1. The third kappa shape index (κ3) is 11.4. The number of ether oxygens (including phenoxy) is 3. The van der Waals surface area contributed by atoms with Crippen LogP contribution in [0.15, 0.2) is 0 Å². The highest BCUT2D eigenvalue weighted by Gasteiger charge is 2.25. The zero-order valence-corrected chi connectivity index (χ0v) is 19.7. The van der Waals surface area contributed by atoms with Crippen molar-refractivity contribution in [3.8, 4) is 0 Å². The van der Waals surface area contributed by atoms with Crippen LogP contribution in [0.4, 0.5) is 0 Å². The number of carbonyl (C=O) groups excluding carboxylic acids is 2. The summed E-state index contributed by atoms with van der Waals surface area (Å²) in [6.45, 7) is 12.3. The first-order valence-electron chi connectivity index (χ1n) is 12.0. The van der Waals surface area contributed by atoms with Crippen LogP contribution >= 0.6 is 0 Å². The van der Waals surface area contributed by atoms with E-state index >= 15 is 0 Å². The average molecular weight is 442 g/mol. The molecule has 2 rings (SSSR count). The molecule has 2 aliphatic heterocycles. The van der Waals surface area contributed by atoms with E-state index in [2.05, 4.69) is 16.8 Å². The van der Waals surface area contributed by atoms with Crippen molar-refractivity contribution < 1.29 is 23.8 Å². The number of amides is 1. The Bertz CT molecular complexity index is 503. The smallest absolute Gasteiger partial charge is 0.224 e. The van der Waals surface area contributed by atoms with Crippen molar-refractivity contribution in [1.29, 1.82) is 0 Å². The molecule has 0 unspecified atom stereocenters. The lowest BCUT2D eigenvalue weighted by Gasteiger charge is -2.38. The van der Waals surface area contributed by atoms with Gasteiger partial charge in [-0.25, -0.2) is 0 Å². The van der Waals surface area contributed by atoms with Gasteiger partial charge in [-0.15, -0.1) is 0 Å². The van der Waals surface area contributed by atoms with Crippen LogP contribution in [0.1, 0.15) is 39.0 Å². The molecule has 0 N–H and O–H groups in total. The summed E-state index contributed by atoms with van der Waals surface area (Å²) in [7, 11) is 2.19. The van der Waals surface area contributed by atoms with Gasteiger partial charge in [-0.2, -0.15) is 0 Å². The molecular weight excluding hydrogens is 398 g/mol. The minimum Gasteiger partial charge on any atom is -0.379 e. The quantitative estimate of drug-likeness (QED) is 0.355. The highest BCUT2D eigenvalue weighted by molar-refractivity contribution is 5.78. The number of carbonyl (C=O) groups is 2. The first kappa shape index (κ1) is 26.2. The molecule has 0 aromatic heterocycles. The molecule has 0 saturated carbocycles.